The molecule has 1 atom stereocenters. The minimum absolute atomic E-state index is 0.298. The number of pyridine rings is 1. The van der Waals surface area contributed by atoms with Crippen molar-refractivity contribution in [3.8, 4) is 0 Å². The Balaban J connectivity index is 2.18. The Morgan fingerprint density at radius 3 is 2.72 bits per heavy atom. The SMILES string of the molecule is CCNC(Cc1ccncc1)c1snnc1CC. The van der Waals surface area contributed by atoms with Crippen LogP contribution in [0.1, 0.15) is 36.0 Å². The molecule has 18 heavy (non-hydrogen) atoms. The van der Waals surface area contributed by atoms with E-state index < -0.39 is 0 Å². The summed E-state index contributed by atoms with van der Waals surface area (Å²) in [6, 6.07) is 4.42. The number of aromatic nitrogens is 3. The third-order valence-electron chi connectivity index (χ3n) is 2.88. The summed E-state index contributed by atoms with van der Waals surface area (Å²) >= 11 is 1.50. The van der Waals surface area contributed by atoms with Gasteiger partial charge in [-0.1, -0.05) is 18.3 Å². The summed E-state index contributed by atoms with van der Waals surface area (Å²) in [7, 11) is 0. The molecule has 0 saturated heterocycles. The summed E-state index contributed by atoms with van der Waals surface area (Å²) in [6.45, 7) is 5.19. The fraction of sp³-hybridized carbons (Fsp3) is 0.462. The van der Waals surface area contributed by atoms with Crippen molar-refractivity contribution in [1.82, 2.24) is 19.9 Å². The van der Waals surface area contributed by atoms with Crippen LogP contribution in [-0.4, -0.2) is 21.1 Å². The molecule has 2 aromatic heterocycles. The summed E-state index contributed by atoms with van der Waals surface area (Å²) < 4.78 is 4.08. The van der Waals surface area contributed by atoms with E-state index in [1.807, 2.05) is 12.4 Å². The lowest BCUT2D eigenvalue weighted by molar-refractivity contribution is 0.553. The molecule has 1 unspecified atom stereocenters. The predicted octanol–water partition coefficient (Wildman–Crippen LogP) is 2.39. The first kappa shape index (κ1) is 13.1. The van der Waals surface area contributed by atoms with Crippen LogP contribution in [0.3, 0.4) is 0 Å². The molecule has 0 spiro atoms. The Labute approximate surface area is 112 Å². The summed E-state index contributed by atoms with van der Waals surface area (Å²) in [5, 5.41) is 7.71. The lowest BCUT2D eigenvalue weighted by atomic mass is 10.0. The van der Waals surface area contributed by atoms with E-state index in [9.17, 15) is 0 Å². The van der Waals surface area contributed by atoms with Crippen LogP contribution in [0.5, 0.6) is 0 Å². The van der Waals surface area contributed by atoms with Gasteiger partial charge in [0, 0.05) is 18.4 Å². The number of aryl methyl sites for hydroxylation is 1. The second kappa shape index (κ2) is 6.56. The largest absolute Gasteiger partial charge is 0.309 e. The fourth-order valence-corrected chi connectivity index (χ4v) is 2.80. The van der Waals surface area contributed by atoms with Gasteiger partial charge in [0.25, 0.3) is 0 Å². The molecule has 1 N–H and O–H groups in total. The van der Waals surface area contributed by atoms with Gasteiger partial charge in [-0.3, -0.25) is 4.98 Å². The van der Waals surface area contributed by atoms with Crippen LogP contribution < -0.4 is 5.32 Å². The van der Waals surface area contributed by atoms with Gasteiger partial charge in [-0.2, -0.15) is 0 Å². The van der Waals surface area contributed by atoms with E-state index in [1.165, 1.54) is 22.0 Å². The minimum Gasteiger partial charge on any atom is -0.309 e. The van der Waals surface area contributed by atoms with Gasteiger partial charge in [0.15, 0.2) is 0 Å². The number of rotatable bonds is 6. The van der Waals surface area contributed by atoms with Crippen LogP contribution in [0.25, 0.3) is 0 Å². The Kier molecular flexibility index (Phi) is 4.78. The van der Waals surface area contributed by atoms with Gasteiger partial charge >= 0.3 is 0 Å². The molecule has 0 aromatic carbocycles. The first-order valence-electron chi connectivity index (χ1n) is 6.28. The number of hydrogen-bond donors (Lipinski definition) is 1. The molecule has 2 heterocycles. The topological polar surface area (TPSA) is 50.7 Å². The van der Waals surface area contributed by atoms with Crippen molar-refractivity contribution in [2.24, 2.45) is 0 Å². The van der Waals surface area contributed by atoms with Crippen molar-refractivity contribution in [3.05, 3.63) is 40.7 Å². The van der Waals surface area contributed by atoms with E-state index in [2.05, 4.69) is 45.9 Å². The monoisotopic (exact) mass is 262 g/mol. The van der Waals surface area contributed by atoms with Gasteiger partial charge < -0.3 is 5.32 Å². The molecular formula is C13H18N4S. The Bertz CT molecular complexity index is 469. The molecule has 0 fully saturated rings. The van der Waals surface area contributed by atoms with Crippen LogP contribution in [0, 0.1) is 0 Å². The third kappa shape index (κ3) is 3.11. The van der Waals surface area contributed by atoms with Crippen molar-refractivity contribution >= 4 is 11.5 Å². The lowest BCUT2D eigenvalue weighted by Crippen LogP contribution is -2.23. The van der Waals surface area contributed by atoms with Gasteiger partial charge in [-0.05, 0) is 48.6 Å². The van der Waals surface area contributed by atoms with E-state index in [1.54, 1.807) is 0 Å². The molecule has 2 aromatic rings. The Morgan fingerprint density at radius 2 is 2.06 bits per heavy atom. The highest BCUT2D eigenvalue weighted by Crippen LogP contribution is 2.24. The molecule has 0 radical (unpaired) electrons. The van der Waals surface area contributed by atoms with E-state index in [0.717, 1.165) is 25.1 Å². The zero-order chi connectivity index (χ0) is 12.8. The molecule has 0 aliphatic heterocycles. The minimum atomic E-state index is 0.298. The Hall–Kier alpha value is -1.33. The highest BCUT2D eigenvalue weighted by atomic mass is 32.1. The normalized spacial score (nSPS) is 12.6. The first-order chi connectivity index (χ1) is 8.85. The summed E-state index contributed by atoms with van der Waals surface area (Å²) in [5.74, 6) is 0. The fourth-order valence-electron chi connectivity index (χ4n) is 1.98. The highest BCUT2D eigenvalue weighted by molar-refractivity contribution is 7.05. The lowest BCUT2D eigenvalue weighted by Gasteiger charge is -2.16. The molecule has 5 heteroatoms. The summed E-state index contributed by atoms with van der Waals surface area (Å²) in [6.07, 6.45) is 5.56. The number of likely N-dealkylation sites (N-methyl/N-ethyl adjacent to an activating group) is 1. The van der Waals surface area contributed by atoms with Crippen molar-refractivity contribution in [2.75, 3.05) is 6.54 Å². The van der Waals surface area contributed by atoms with Crippen molar-refractivity contribution in [3.63, 3.8) is 0 Å². The van der Waals surface area contributed by atoms with Gasteiger partial charge in [-0.25, -0.2) is 0 Å². The van der Waals surface area contributed by atoms with Crippen molar-refractivity contribution in [1.29, 1.82) is 0 Å². The van der Waals surface area contributed by atoms with Gasteiger partial charge in [0.05, 0.1) is 10.6 Å². The average Bonchev–Trinajstić information content (AvgIpc) is 2.87. The molecule has 2 rings (SSSR count). The molecule has 0 amide bonds. The maximum absolute atomic E-state index is 4.20. The smallest absolute Gasteiger partial charge is 0.0801 e. The average molecular weight is 262 g/mol. The van der Waals surface area contributed by atoms with Crippen molar-refractivity contribution < 1.29 is 0 Å². The quantitative estimate of drug-likeness (QED) is 0.868. The van der Waals surface area contributed by atoms with Crippen LogP contribution in [0.4, 0.5) is 0 Å². The second-order valence-electron chi connectivity index (χ2n) is 4.11. The molecule has 4 nitrogen and oxygen atoms in total. The molecule has 0 aliphatic carbocycles. The summed E-state index contributed by atoms with van der Waals surface area (Å²) in [5.41, 5.74) is 2.39. The van der Waals surface area contributed by atoms with E-state index in [0.29, 0.717) is 6.04 Å². The molecular weight excluding hydrogens is 244 g/mol. The molecule has 0 bridgehead atoms. The van der Waals surface area contributed by atoms with E-state index >= 15 is 0 Å². The van der Waals surface area contributed by atoms with Crippen LogP contribution in [0.15, 0.2) is 24.5 Å². The zero-order valence-electron chi connectivity index (χ0n) is 10.8. The van der Waals surface area contributed by atoms with Crippen LogP contribution >= 0.6 is 11.5 Å². The first-order valence-corrected chi connectivity index (χ1v) is 7.05. The molecule has 96 valence electrons. The van der Waals surface area contributed by atoms with Crippen molar-refractivity contribution in [2.45, 2.75) is 32.7 Å². The zero-order valence-corrected chi connectivity index (χ0v) is 11.6. The third-order valence-corrected chi connectivity index (χ3v) is 3.76. The molecule has 0 saturated carbocycles. The highest BCUT2D eigenvalue weighted by Gasteiger charge is 2.17. The van der Waals surface area contributed by atoms with Gasteiger partial charge in [0.1, 0.15) is 0 Å². The number of nitrogens with zero attached hydrogens (tertiary/aromatic N) is 3. The second-order valence-corrected chi connectivity index (χ2v) is 4.89. The summed E-state index contributed by atoms with van der Waals surface area (Å²) in [4.78, 5) is 5.31. The maximum Gasteiger partial charge on any atom is 0.0801 e. The predicted molar refractivity (Wildman–Crippen MR) is 73.6 cm³/mol. The van der Waals surface area contributed by atoms with Gasteiger partial charge in [0.2, 0.25) is 0 Å². The maximum atomic E-state index is 4.20. The van der Waals surface area contributed by atoms with Gasteiger partial charge in [-0.15, -0.1) is 5.10 Å². The van der Waals surface area contributed by atoms with E-state index in [4.69, 9.17) is 0 Å². The van der Waals surface area contributed by atoms with Crippen LogP contribution in [-0.2, 0) is 12.8 Å². The number of hydrogen-bond acceptors (Lipinski definition) is 5. The number of nitrogens with one attached hydrogen (secondary N) is 1. The standard InChI is InChI=1S/C13H18N4S/c1-3-11-13(18-17-16-11)12(15-4-2)9-10-5-7-14-8-6-10/h5-8,12,15H,3-4,9H2,1-2H3. The molecule has 0 aliphatic rings. The Morgan fingerprint density at radius 1 is 1.28 bits per heavy atom. The van der Waals surface area contributed by atoms with E-state index in [-0.39, 0.29) is 0 Å². The van der Waals surface area contributed by atoms with Crippen LogP contribution in [0.2, 0.25) is 0 Å².